The van der Waals surface area contributed by atoms with Crippen LogP contribution in [-0.2, 0) is 11.2 Å². The lowest BCUT2D eigenvalue weighted by Crippen LogP contribution is -2.43. The van der Waals surface area contributed by atoms with Crippen LogP contribution in [0.2, 0.25) is 5.02 Å². The van der Waals surface area contributed by atoms with Gasteiger partial charge in [-0.05, 0) is 73.0 Å². The van der Waals surface area contributed by atoms with Crippen molar-refractivity contribution in [2.75, 3.05) is 30.5 Å². The minimum atomic E-state index is -0.320. The van der Waals surface area contributed by atoms with Gasteiger partial charge in [-0.2, -0.15) is 0 Å². The first-order chi connectivity index (χ1) is 17.5. The number of imidazole rings is 1. The number of hydrogen-bond donors (Lipinski definition) is 1. The Morgan fingerprint density at radius 2 is 1.89 bits per heavy atom. The smallest absolute Gasteiger partial charge is 0.232 e. The fourth-order valence-corrected chi connectivity index (χ4v) is 4.64. The van der Waals surface area contributed by atoms with E-state index in [4.69, 9.17) is 21.3 Å². The van der Waals surface area contributed by atoms with E-state index in [0.29, 0.717) is 49.0 Å². The third-order valence-corrected chi connectivity index (χ3v) is 6.39. The molecule has 4 aromatic rings. The summed E-state index contributed by atoms with van der Waals surface area (Å²) >= 11 is 6.15. The summed E-state index contributed by atoms with van der Waals surface area (Å²) in [6, 6.07) is 15.5. The summed E-state index contributed by atoms with van der Waals surface area (Å²) in [6.07, 6.45) is 5.07. The van der Waals surface area contributed by atoms with Crippen LogP contribution in [0.4, 0.5) is 10.3 Å². The first kappa shape index (κ1) is 23.8. The van der Waals surface area contributed by atoms with Gasteiger partial charge >= 0.3 is 0 Å². The topological polar surface area (TPSA) is 72.3 Å². The number of aryl methyl sites for hydroxylation is 1. The van der Waals surface area contributed by atoms with Crippen LogP contribution >= 0.6 is 11.6 Å². The van der Waals surface area contributed by atoms with Crippen LogP contribution in [0.25, 0.3) is 22.5 Å². The van der Waals surface area contributed by atoms with E-state index in [9.17, 15) is 9.18 Å². The highest BCUT2D eigenvalue weighted by molar-refractivity contribution is 6.30. The Labute approximate surface area is 213 Å². The van der Waals surface area contributed by atoms with Gasteiger partial charge < -0.3 is 10.2 Å². The summed E-state index contributed by atoms with van der Waals surface area (Å²) in [7, 11) is 1.62. The molecule has 1 N–H and O–H groups in total. The molecule has 0 unspecified atom stereocenters. The second kappa shape index (κ2) is 10.4. The molecule has 0 spiro atoms. The zero-order chi connectivity index (χ0) is 25.1. The van der Waals surface area contributed by atoms with E-state index < -0.39 is 0 Å². The normalized spacial score (nSPS) is 12.7. The predicted molar refractivity (Wildman–Crippen MR) is 138 cm³/mol. The summed E-state index contributed by atoms with van der Waals surface area (Å²) in [5, 5.41) is 0.637. The zero-order valence-electron chi connectivity index (χ0n) is 19.7. The second-order valence-corrected chi connectivity index (χ2v) is 8.89. The van der Waals surface area contributed by atoms with Crippen molar-refractivity contribution in [3.05, 3.63) is 83.4 Å². The number of carbonyl (C=O) groups is 1. The summed E-state index contributed by atoms with van der Waals surface area (Å²) in [5.74, 6) is 0.934. The molecule has 0 saturated carbocycles. The van der Waals surface area contributed by atoms with E-state index in [-0.39, 0.29) is 11.7 Å². The molecule has 7 nitrogen and oxygen atoms in total. The number of carbonyl (C=O) groups excluding carboxylic acids is 1. The molecule has 3 heterocycles. The molecule has 0 fully saturated rings. The number of nitrogens with zero attached hydrogens (tertiary/aromatic N) is 4. The first-order valence-corrected chi connectivity index (χ1v) is 12.1. The van der Waals surface area contributed by atoms with Crippen LogP contribution in [0.15, 0.2) is 67.0 Å². The van der Waals surface area contributed by atoms with E-state index in [1.807, 2.05) is 28.9 Å². The van der Waals surface area contributed by atoms with Gasteiger partial charge in [-0.25, -0.2) is 14.1 Å². The van der Waals surface area contributed by atoms with Gasteiger partial charge in [0.1, 0.15) is 17.3 Å². The van der Waals surface area contributed by atoms with Crippen molar-refractivity contribution < 1.29 is 13.9 Å². The van der Waals surface area contributed by atoms with E-state index in [0.717, 1.165) is 28.1 Å². The third-order valence-electron chi connectivity index (χ3n) is 6.16. The number of aromatic nitrogens is 3. The van der Waals surface area contributed by atoms with Crippen LogP contribution in [0.3, 0.4) is 0 Å². The van der Waals surface area contributed by atoms with E-state index >= 15 is 0 Å². The Kier molecular flexibility index (Phi) is 6.86. The maximum absolute atomic E-state index is 13.6. The molecule has 1 aliphatic rings. The molecule has 0 aliphatic carbocycles. The van der Waals surface area contributed by atoms with Gasteiger partial charge in [0.15, 0.2) is 0 Å². The quantitative estimate of drug-likeness (QED) is 0.368. The average molecular weight is 506 g/mol. The van der Waals surface area contributed by atoms with Gasteiger partial charge in [0, 0.05) is 48.1 Å². The van der Waals surface area contributed by atoms with Crippen molar-refractivity contribution in [1.82, 2.24) is 14.6 Å². The monoisotopic (exact) mass is 505 g/mol. The minimum absolute atomic E-state index is 0.0179. The van der Waals surface area contributed by atoms with Gasteiger partial charge in [-0.1, -0.05) is 11.6 Å². The van der Waals surface area contributed by atoms with E-state index in [2.05, 4.69) is 10.4 Å². The van der Waals surface area contributed by atoms with Gasteiger partial charge in [0.25, 0.3) is 0 Å². The fraction of sp³-hybridized carbons (Fsp3) is 0.222. The molecule has 0 atom stereocenters. The molecule has 2 aromatic carbocycles. The Morgan fingerprint density at radius 1 is 1.11 bits per heavy atom. The molecular formula is C27H25ClFN5O2. The molecule has 36 heavy (non-hydrogen) atoms. The molecule has 2 aromatic heterocycles. The Hall–Kier alpha value is -3.91. The van der Waals surface area contributed by atoms with Crippen LogP contribution < -0.4 is 15.1 Å². The standard InChI is InChI=1S/C27H25ClFN5O2/c1-36-23-10-7-21(28)17-20(23)3-2-4-24(35)33-16-15-31-34-26(19-11-13-30-14-12-19)25(32-27(33)34)18-5-8-22(29)9-6-18/h5-14,17,31H,2-4,15-16H2,1H3. The van der Waals surface area contributed by atoms with Crippen molar-refractivity contribution >= 4 is 23.5 Å². The molecule has 1 amide bonds. The molecule has 5 rings (SSSR count). The number of rotatable bonds is 7. The number of ether oxygens (including phenoxy) is 1. The fourth-order valence-electron chi connectivity index (χ4n) is 4.44. The maximum Gasteiger partial charge on any atom is 0.232 e. The number of fused-ring (bicyclic) bond motifs is 1. The number of methoxy groups -OCH3 is 1. The highest BCUT2D eigenvalue weighted by Gasteiger charge is 2.29. The second-order valence-electron chi connectivity index (χ2n) is 8.45. The largest absolute Gasteiger partial charge is 0.496 e. The summed E-state index contributed by atoms with van der Waals surface area (Å²) < 4.78 is 20.9. The Balaban J connectivity index is 1.43. The van der Waals surface area contributed by atoms with Crippen LogP contribution in [-0.4, -0.2) is 40.8 Å². The summed E-state index contributed by atoms with van der Waals surface area (Å²) in [4.78, 5) is 24.0. The third kappa shape index (κ3) is 4.77. The highest BCUT2D eigenvalue weighted by Crippen LogP contribution is 2.36. The first-order valence-electron chi connectivity index (χ1n) is 11.7. The van der Waals surface area contributed by atoms with Gasteiger partial charge in [0.05, 0.1) is 12.8 Å². The van der Waals surface area contributed by atoms with E-state index in [1.54, 1.807) is 42.6 Å². The maximum atomic E-state index is 13.6. The number of pyridine rings is 1. The SMILES string of the molecule is COc1ccc(Cl)cc1CCCC(=O)N1CCNn2c1nc(-c1ccc(F)cc1)c2-c1ccncc1. The van der Waals surface area contributed by atoms with Crippen LogP contribution in [0, 0.1) is 5.82 Å². The number of benzene rings is 2. The lowest BCUT2D eigenvalue weighted by Gasteiger charge is -2.29. The van der Waals surface area contributed by atoms with Gasteiger partial charge in [-0.15, -0.1) is 0 Å². The number of hydrogen-bond acceptors (Lipinski definition) is 5. The molecule has 0 radical (unpaired) electrons. The lowest BCUT2D eigenvalue weighted by molar-refractivity contribution is -0.118. The summed E-state index contributed by atoms with van der Waals surface area (Å²) in [5.41, 5.74) is 7.42. The minimum Gasteiger partial charge on any atom is -0.496 e. The summed E-state index contributed by atoms with van der Waals surface area (Å²) in [6.45, 7) is 1.06. The number of anilines is 1. The molecule has 9 heteroatoms. The van der Waals surface area contributed by atoms with Crippen molar-refractivity contribution in [2.24, 2.45) is 0 Å². The predicted octanol–water partition coefficient (Wildman–Crippen LogP) is 5.33. The number of halogens is 2. The molecule has 1 aliphatic heterocycles. The van der Waals surface area contributed by atoms with E-state index in [1.165, 1.54) is 12.1 Å². The Morgan fingerprint density at radius 3 is 2.64 bits per heavy atom. The number of nitrogens with one attached hydrogen (secondary N) is 1. The van der Waals surface area contributed by atoms with Crippen molar-refractivity contribution in [3.63, 3.8) is 0 Å². The van der Waals surface area contributed by atoms with Crippen molar-refractivity contribution in [3.8, 4) is 28.3 Å². The van der Waals surface area contributed by atoms with Gasteiger partial charge in [0.2, 0.25) is 11.9 Å². The van der Waals surface area contributed by atoms with Crippen LogP contribution in [0.1, 0.15) is 18.4 Å². The number of amides is 1. The molecule has 0 bridgehead atoms. The van der Waals surface area contributed by atoms with Crippen molar-refractivity contribution in [2.45, 2.75) is 19.3 Å². The van der Waals surface area contributed by atoms with Crippen LogP contribution in [0.5, 0.6) is 5.75 Å². The zero-order valence-corrected chi connectivity index (χ0v) is 20.5. The average Bonchev–Trinajstić information content (AvgIpc) is 3.29. The molecule has 184 valence electrons. The lowest BCUT2D eigenvalue weighted by atomic mass is 10.1. The molecule has 0 saturated heterocycles. The highest BCUT2D eigenvalue weighted by atomic mass is 35.5. The van der Waals surface area contributed by atoms with Crippen molar-refractivity contribution in [1.29, 1.82) is 0 Å². The Bertz CT molecular complexity index is 1380. The molecular weight excluding hydrogens is 481 g/mol. The van der Waals surface area contributed by atoms with Gasteiger partial charge in [-0.3, -0.25) is 14.7 Å².